The number of sulfonamides is 1. The lowest BCUT2D eigenvalue weighted by Crippen LogP contribution is -2.43. The van der Waals surface area contributed by atoms with Crippen molar-refractivity contribution in [2.45, 2.75) is 43.9 Å². The number of nitrogens with zero attached hydrogens (tertiary/aromatic N) is 1. The number of Topliss-reactive ketones (excluding diaryl/α,β-unsaturated/α-hetero) is 1. The molecular formula is C21H25NO5S2. The Morgan fingerprint density at radius 2 is 2.00 bits per heavy atom. The molecule has 2 heterocycles. The highest BCUT2D eigenvalue weighted by Crippen LogP contribution is 2.27. The Balaban J connectivity index is 1.67. The third-order valence-electron chi connectivity index (χ3n) is 5.13. The fourth-order valence-electron chi connectivity index (χ4n) is 3.43. The molecule has 1 fully saturated rings. The van der Waals surface area contributed by atoms with Gasteiger partial charge >= 0.3 is 5.97 Å². The van der Waals surface area contributed by atoms with Gasteiger partial charge in [0.25, 0.3) is 10.0 Å². The number of carbonyl (C=O) groups excluding carboxylic acids is 2. The Labute approximate surface area is 175 Å². The number of carbonyl (C=O) groups is 2. The van der Waals surface area contributed by atoms with Crippen LogP contribution in [0.25, 0.3) is 0 Å². The van der Waals surface area contributed by atoms with Crippen LogP contribution in [0.5, 0.6) is 0 Å². The summed E-state index contributed by atoms with van der Waals surface area (Å²) >= 11 is 1.16. The summed E-state index contributed by atoms with van der Waals surface area (Å²) < 4.78 is 32.5. The molecule has 156 valence electrons. The average Bonchev–Trinajstić information content (AvgIpc) is 3.25. The number of esters is 1. The lowest BCUT2D eigenvalue weighted by molar-refractivity contribution is -0.152. The number of rotatable bonds is 6. The number of benzene rings is 1. The van der Waals surface area contributed by atoms with E-state index in [4.69, 9.17) is 4.74 Å². The van der Waals surface area contributed by atoms with E-state index in [9.17, 15) is 18.0 Å². The van der Waals surface area contributed by atoms with Gasteiger partial charge in [-0.1, -0.05) is 23.8 Å². The SMILES string of the molecule is Cc1ccc(C)c(C(=O)C(C)OC(=O)C2CCCN(S(=O)(=O)c3cccs3)C2)c1. The van der Waals surface area contributed by atoms with E-state index in [2.05, 4.69) is 0 Å². The Hall–Kier alpha value is -2.03. The highest BCUT2D eigenvalue weighted by atomic mass is 32.2. The van der Waals surface area contributed by atoms with Crippen molar-refractivity contribution < 1.29 is 22.7 Å². The van der Waals surface area contributed by atoms with E-state index in [1.165, 1.54) is 4.31 Å². The molecular weight excluding hydrogens is 410 g/mol. The second kappa shape index (κ2) is 8.77. The third kappa shape index (κ3) is 4.76. The van der Waals surface area contributed by atoms with Crippen LogP contribution in [0.15, 0.2) is 39.9 Å². The molecule has 6 nitrogen and oxygen atoms in total. The van der Waals surface area contributed by atoms with Gasteiger partial charge in [0.05, 0.1) is 5.92 Å². The molecule has 1 aliphatic rings. The maximum atomic E-state index is 12.7. The van der Waals surface area contributed by atoms with Crippen molar-refractivity contribution in [2.24, 2.45) is 5.92 Å². The molecule has 3 rings (SSSR count). The molecule has 1 aliphatic heterocycles. The van der Waals surface area contributed by atoms with Gasteiger partial charge in [-0.25, -0.2) is 8.42 Å². The minimum Gasteiger partial charge on any atom is -0.454 e. The first-order valence-corrected chi connectivity index (χ1v) is 11.9. The van der Waals surface area contributed by atoms with Gasteiger partial charge in [0, 0.05) is 18.7 Å². The molecule has 0 radical (unpaired) electrons. The molecule has 1 aromatic carbocycles. The van der Waals surface area contributed by atoms with E-state index in [1.807, 2.05) is 26.0 Å². The largest absolute Gasteiger partial charge is 0.454 e. The third-order valence-corrected chi connectivity index (χ3v) is 8.37. The summed E-state index contributed by atoms with van der Waals surface area (Å²) in [5.41, 5.74) is 2.32. The highest BCUT2D eigenvalue weighted by molar-refractivity contribution is 7.91. The monoisotopic (exact) mass is 435 g/mol. The molecule has 8 heteroatoms. The summed E-state index contributed by atoms with van der Waals surface area (Å²) in [6.07, 6.45) is 0.191. The Kier molecular flexibility index (Phi) is 6.55. The van der Waals surface area contributed by atoms with E-state index in [-0.39, 0.29) is 16.5 Å². The van der Waals surface area contributed by atoms with Crippen molar-refractivity contribution in [2.75, 3.05) is 13.1 Å². The molecule has 0 N–H and O–H groups in total. The van der Waals surface area contributed by atoms with Gasteiger partial charge in [0.15, 0.2) is 6.10 Å². The van der Waals surface area contributed by atoms with Gasteiger partial charge in [-0.3, -0.25) is 9.59 Å². The van der Waals surface area contributed by atoms with Crippen molar-refractivity contribution >= 4 is 33.1 Å². The number of ketones is 1. The highest BCUT2D eigenvalue weighted by Gasteiger charge is 2.35. The number of ether oxygens (including phenoxy) is 1. The van der Waals surface area contributed by atoms with E-state index in [1.54, 1.807) is 30.5 Å². The maximum absolute atomic E-state index is 12.7. The Morgan fingerprint density at radius 3 is 2.69 bits per heavy atom. The van der Waals surface area contributed by atoms with Crippen LogP contribution in [0.2, 0.25) is 0 Å². The van der Waals surface area contributed by atoms with Crippen LogP contribution in [0.1, 0.15) is 41.3 Å². The number of aryl methyl sites for hydroxylation is 2. The molecule has 29 heavy (non-hydrogen) atoms. The summed E-state index contributed by atoms with van der Waals surface area (Å²) in [6, 6.07) is 8.83. The fraction of sp³-hybridized carbons (Fsp3) is 0.429. The van der Waals surface area contributed by atoms with E-state index in [0.717, 1.165) is 22.5 Å². The maximum Gasteiger partial charge on any atom is 0.310 e. The van der Waals surface area contributed by atoms with E-state index >= 15 is 0 Å². The zero-order valence-electron chi connectivity index (χ0n) is 16.8. The molecule has 0 saturated carbocycles. The van der Waals surface area contributed by atoms with Crippen LogP contribution in [0, 0.1) is 19.8 Å². The van der Waals surface area contributed by atoms with Crippen molar-refractivity contribution in [1.82, 2.24) is 4.31 Å². The number of thiophene rings is 1. The van der Waals surface area contributed by atoms with E-state index < -0.39 is 28.0 Å². The molecule has 1 saturated heterocycles. The molecule has 2 atom stereocenters. The topological polar surface area (TPSA) is 80.8 Å². The van der Waals surface area contributed by atoms with Crippen LogP contribution in [0.4, 0.5) is 0 Å². The summed E-state index contributed by atoms with van der Waals surface area (Å²) in [5, 5.41) is 1.71. The standard InChI is InChI=1S/C21H25NO5S2/c1-14-8-9-15(2)18(12-14)20(23)16(3)27-21(24)17-6-4-10-22(13-17)29(25,26)19-7-5-11-28-19/h5,7-9,11-12,16-17H,4,6,10,13H2,1-3H3. The lowest BCUT2D eigenvalue weighted by Gasteiger charge is -2.30. The Morgan fingerprint density at radius 1 is 1.24 bits per heavy atom. The second-order valence-electron chi connectivity index (χ2n) is 7.40. The van der Waals surface area contributed by atoms with Crippen LogP contribution in [0.3, 0.4) is 0 Å². The smallest absolute Gasteiger partial charge is 0.310 e. The minimum atomic E-state index is -3.61. The van der Waals surface area contributed by atoms with Crippen LogP contribution in [-0.2, 0) is 19.6 Å². The van der Waals surface area contributed by atoms with Crippen LogP contribution < -0.4 is 0 Å². The zero-order chi connectivity index (χ0) is 21.2. The summed E-state index contributed by atoms with van der Waals surface area (Å²) in [6.45, 7) is 5.75. The average molecular weight is 436 g/mol. The summed E-state index contributed by atoms with van der Waals surface area (Å²) in [5.74, 6) is -1.35. The first-order valence-electron chi connectivity index (χ1n) is 9.55. The Bertz CT molecular complexity index is 998. The van der Waals surface area contributed by atoms with Gasteiger partial charge in [-0.2, -0.15) is 4.31 Å². The van der Waals surface area contributed by atoms with Crippen molar-refractivity contribution in [1.29, 1.82) is 0 Å². The summed E-state index contributed by atoms with van der Waals surface area (Å²) in [4.78, 5) is 25.4. The molecule has 1 aromatic heterocycles. The van der Waals surface area contributed by atoms with Crippen LogP contribution >= 0.6 is 11.3 Å². The number of hydrogen-bond donors (Lipinski definition) is 0. The quantitative estimate of drug-likeness (QED) is 0.512. The predicted octanol–water partition coefficient (Wildman–Crippen LogP) is 3.58. The van der Waals surface area contributed by atoms with Gasteiger partial charge < -0.3 is 4.74 Å². The number of piperidine rings is 1. The lowest BCUT2D eigenvalue weighted by atomic mass is 9.98. The fourth-order valence-corrected chi connectivity index (χ4v) is 6.10. The first kappa shape index (κ1) is 21.7. The minimum absolute atomic E-state index is 0.0729. The van der Waals surface area contributed by atoms with Gasteiger partial charge in [0.1, 0.15) is 4.21 Å². The predicted molar refractivity (Wildman–Crippen MR) is 112 cm³/mol. The van der Waals surface area contributed by atoms with Gasteiger partial charge in [-0.15, -0.1) is 11.3 Å². The molecule has 0 bridgehead atoms. The van der Waals surface area contributed by atoms with Crippen molar-refractivity contribution in [3.63, 3.8) is 0 Å². The zero-order valence-corrected chi connectivity index (χ0v) is 18.4. The number of hydrogen-bond acceptors (Lipinski definition) is 6. The van der Waals surface area contributed by atoms with Gasteiger partial charge in [-0.05, 0) is 56.7 Å². The molecule has 2 unspecified atom stereocenters. The molecule has 0 aliphatic carbocycles. The normalized spacial score (nSPS) is 18.9. The molecule has 0 amide bonds. The van der Waals surface area contributed by atoms with E-state index in [0.29, 0.717) is 24.9 Å². The van der Waals surface area contributed by atoms with Crippen molar-refractivity contribution in [3.05, 3.63) is 52.4 Å². The first-order chi connectivity index (χ1) is 13.7. The van der Waals surface area contributed by atoms with Gasteiger partial charge in [0.2, 0.25) is 5.78 Å². The molecule has 2 aromatic rings. The van der Waals surface area contributed by atoms with Crippen molar-refractivity contribution in [3.8, 4) is 0 Å². The summed E-state index contributed by atoms with van der Waals surface area (Å²) in [7, 11) is -3.61. The van der Waals surface area contributed by atoms with Crippen LogP contribution in [-0.4, -0.2) is 43.7 Å². The molecule has 0 spiro atoms. The second-order valence-corrected chi connectivity index (χ2v) is 10.5.